The Morgan fingerprint density at radius 3 is 2.61 bits per heavy atom. The third kappa shape index (κ3) is 5.34. The molecule has 33 heavy (non-hydrogen) atoms. The first-order valence-corrected chi connectivity index (χ1v) is 10.2. The zero-order valence-electron chi connectivity index (χ0n) is 17.5. The van der Waals surface area contributed by atoms with Crippen LogP contribution in [0.15, 0.2) is 73.7 Å². The van der Waals surface area contributed by atoms with Crippen LogP contribution in [0.3, 0.4) is 0 Å². The molecule has 2 aromatic carbocycles. The minimum atomic E-state index is -0.519. The largest absolute Gasteiger partial charge is 0.337 e. The van der Waals surface area contributed by atoms with E-state index in [1.54, 1.807) is 42.5 Å². The van der Waals surface area contributed by atoms with Crippen molar-refractivity contribution in [3.63, 3.8) is 0 Å². The lowest BCUT2D eigenvalue weighted by Crippen LogP contribution is -2.08. The number of rotatable bonds is 7. The molecule has 0 atom stereocenters. The Hall–Kier alpha value is -4.24. The Bertz CT molecular complexity index is 1320. The zero-order chi connectivity index (χ0) is 23.4. The summed E-state index contributed by atoms with van der Waals surface area (Å²) in [6.07, 6.45) is 6.17. The minimum Gasteiger partial charge on any atom is -0.337 e. The lowest BCUT2D eigenvalue weighted by Gasteiger charge is -2.14. The van der Waals surface area contributed by atoms with E-state index in [4.69, 9.17) is 11.6 Å². The molecule has 0 saturated heterocycles. The maximum atomic E-state index is 14.6. The molecule has 3 N–H and O–H groups in total. The second-order valence-electron chi connectivity index (χ2n) is 7.00. The van der Waals surface area contributed by atoms with Crippen LogP contribution in [0.2, 0.25) is 5.02 Å². The van der Waals surface area contributed by atoms with Gasteiger partial charge in [0, 0.05) is 35.7 Å². The van der Waals surface area contributed by atoms with Gasteiger partial charge in [0.2, 0.25) is 11.9 Å². The van der Waals surface area contributed by atoms with Crippen molar-refractivity contribution >= 4 is 46.3 Å². The summed E-state index contributed by atoms with van der Waals surface area (Å²) in [6, 6.07) is 11.3. The zero-order valence-corrected chi connectivity index (χ0v) is 18.3. The first-order chi connectivity index (χ1) is 15.9. The molecule has 166 valence electrons. The number of benzene rings is 2. The Morgan fingerprint density at radius 1 is 1.12 bits per heavy atom. The van der Waals surface area contributed by atoms with Gasteiger partial charge >= 0.3 is 0 Å². The number of nitrogens with zero attached hydrogens (tertiary/aromatic N) is 4. The quantitative estimate of drug-likeness (QED) is 0.322. The third-order valence-corrected chi connectivity index (χ3v) is 4.83. The van der Waals surface area contributed by atoms with Crippen molar-refractivity contribution in [2.75, 3.05) is 16.0 Å². The second-order valence-corrected chi connectivity index (χ2v) is 7.44. The van der Waals surface area contributed by atoms with Crippen LogP contribution < -0.4 is 16.0 Å². The summed E-state index contributed by atoms with van der Waals surface area (Å²) in [5.74, 6) is -0.280. The van der Waals surface area contributed by atoms with Crippen molar-refractivity contribution in [1.82, 2.24) is 19.7 Å². The summed E-state index contributed by atoms with van der Waals surface area (Å²) < 4.78 is 16.3. The van der Waals surface area contributed by atoms with Gasteiger partial charge in [-0.3, -0.25) is 9.48 Å². The first-order valence-electron chi connectivity index (χ1n) is 9.80. The number of halogens is 2. The van der Waals surface area contributed by atoms with Crippen LogP contribution in [-0.2, 0) is 11.8 Å². The Balaban J connectivity index is 1.73. The van der Waals surface area contributed by atoms with E-state index in [9.17, 15) is 9.18 Å². The van der Waals surface area contributed by atoms with Crippen LogP contribution >= 0.6 is 11.6 Å². The van der Waals surface area contributed by atoms with Gasteiger partial charge in [-0.05, 0) is 42.0 Å². The van der Waals surface area contributed by atoms with Crippen LogP contribution in [0.4, 0.5) is 33.2 Å². The molecule has 0 saturated carbocycles. The van der Waals surface area contributed by atoms with Crippen molar-refractivity contribution in [3.8, 4) is 11.1 Å². The average molecular weight is 464 g/mol. The number of hydrogen-bond donors (Lipinski definition) is 3. The van der Waals surface area contributed by atoms with Crippen LogP contribution in [0.5, 0.6) is 0 Å². The topological polar surface area (TPSA) is 96.8 Å². The number of carbonyl (C=O) groups is 1. The molecule has 0 radical (unpaired) electrons. The van der Waals surface area contributed by atoms with Crippen LogP contribution in [0.1, 0.15) is 0 Å². The van der Waals surface area contributed by atoms with E-state index in [1.165, 1.54) is 18.2 Å². The van der Waals surface area contributed by atoms with Gasteiger partial charge in [-0.25, -0.2) is 9.37 Å². The first kappa shape index (κ1) is 22.0. The summed E-state index contributed by atoms with van der Waals surface area (Å²) >= 11 is 6.02. The summed E-state index contributed by atoms with van der Waals surface area (Å²) in [7, 11) is 1.80. The van der Waals surface area contributed by atoms with E-state index < -0.39 is 11.7 Å². The van der Waals surface area contributed by atoms with Crippen molar-refractivity contribution in [3.05, 3.63) is 84.5 Å². The van der Waals surface area contributed by atoms with E-state index >= 15 is 0 Å². The predicted molar refractivity (Wildman–Crippen MR) is 127 cm³/mol. The number of aromatic nitrogens is 4. The smallest absolute Gasteiger partial charge is 0.247 e. The van der Waals surface area contributed by atoms with Crippen LogP contribution in [0, 0.1) is 5.82 Å². The molecule has 0 aliphatic rings. The molecule has 0 aliphatic heterocycles. The highest BCUT2D eigenvalue weighted by Crippen LogP contribution is 2.32. The fourth-order valence-electron chi connectivity index (χ4n) is 3.01. The number of carbonyl (C=O) groups excluding carboxylic acids is 1. The highest BCUT2D eigenvalue weighted by molar-refractivity contribution is 6.30. The van der Waals surface area contributed by atoms with Crippen molar-refractivity contribution in [1.29, 1.82) is 0 Å². The van der Waals surface area contributed by atoms with Gasteiger partial charge in [0.1, 0.15) is 11.6 Å². The van der Waals surface area contributed by atoms with Crippen LogP contribution in [0.25, 0.3) is 11.1 Å². The lowest BCUT2D eigenvalue weighted by atomic mass is 10.1. The highest BCUT2D eigenvalue weighted by Gasteiger charge is 2.14. The number of nitrogens with one attached hydrogen (secondary N) is 3. The van der Waals surface area contributed by atoms with Crippen molar-refractivity contribution in [2.24, 2.45) is 7.05 Å². The molecule has 8 nitrogen and oxygen atoms in total. The molecule has 4 aromatic rings. The number of anilines is 5. The normalized spacial score (nSPS) is 10.5. The van der Waals surface area contributed by atoms with E-state index in [0.29, 0.717) is 33.7 Å². The molecule has 1 amide bonds. The molecule has 0 fully saturated rings. The van der Waals surface area contributed by atoms with Gasteiger partial charge in [-0.1, -0.05) is 30.3 Å². The van der Waals surface area contributed by atoms with Crippen molar-refractivity contribution in [2.45, 2.75) is 0 Å². The van der Waals surface area contributed by atoms with Gasteiger partial charge in [0.15, 0.2) is 0 Å². The number of aryl methyl sites for hydroxylation is 1. The molecule has 4 rings (SSSR count). The summed E-state index contributed by atoms with van der Waals surface area (Å²) in [5.41, 5.74) is 2.63. The van der Waals surface area contributed by atoms with E-state index in [1.807, 2.05) is 12.1 Å². The number of amides is 1. The standard InChI is InChI=1S/C23H19ClFN7O/c1-3-21(33)28-16-8-9-19(25)20(10-16)30-22-18(14-4-6-15(24)7-5-14)12-26-23(31-22)29-17-11-27-32(2)13-17/h3-13H,1H2,2H3,(H,28,33)(H2,26,29,30,31). The maximum absolute atomic E-state index is 14.6. The highest BCUT2D eigenvalue weighted by atomic mass is 35.5. The molecule has 10 heteroatoms. The van der Waals surface area contributed by atoms with Gasteiger partial charge in [0.25, 0.3) is 0 Å². The SMILES string of the molecule is C=CC(=O)Nc1ccc(F)c(Nc2nc(Nc3cnn(C)c3)ncc2-c2ccc(Cl)cc2)c1. The Morgan fingerprint density at radius 2 is 1.91 bits per heavy atom. The molecule has 0 bridgehead atoms. The Kier molecular flexibility index (Phi) is 6.32. The van der Waals surface area contributed by atoms with Gasteiger partial charge in [-0.15, -0.1) is 0 Å². The molecule has 0 aliphatic carbocycles. The fourth-order valence-corrected chi connectivity index (χ4v) is 3.14. The average Bonchev–Trinajstić information content (AvgIpc) is 3.21. The molecular weight excluding hydrogens is 445 g/mol. The van der Waals surface area contributed by atoms with E-state index in [-0.39, 0.29) is 5.69 Å². The van der Waals surface area contributed by atoms with E-state index in [2.05, 4.69) is 37.6 Å². The lowest BCUT2D eigenvalue weighted by molar-refractivity contribution is -0.111. The number of hydrogen-bond acceptors (Lipinski definition) is 6. The van der Waals surface area contributed by atoms with Crippen molar-refractivity contribution < 1.29 is 9.18 Å². The summed E-state index contributed by atoms with van der Waals surface area (Å²) in [6.45, 7) is 3.42. The van der Waals surface area contributed by atoms with Gasteiger partial charge < -0.3 is 16.0 Å². The fraction of sp³-hybridized carbons (Fsp3) is 0.0435. The molecule has 2 aromatic heterocycles. The van der Waals surface area contributed by atoms with Gasteiger partial charge in [-0.2, -0.15) is 10.1 Å². The van der Waals surface area contributed by atoms with Gasteiger partial charge in [0.05, 0.1) is 17.6 Å². The summed E-state index contributed by atoms with van der Waals surface area (Å²) in [5, 5.41) is 13.4. The molecule has 2 heterocycles. The van der Waals surface area contributed by atoms with Crippen LogP contribution in [-0.4, -0.2) is 25.7 Å². The third-order valence-electron chi connectivity index (χ3n) is 4.58. The summed E-state index contributed by atoms with van der Waals surface area (Å²) in [4.78, 5) is 20.6. The molecule has 0 spiro atoms. The maximum Gasteiger partial charge on any atom is 0.247 e. The second kappa shape index (κ2) is 9.49. The monoisotopic (exact) mass is 463 g/mol. The Labute approximate surface area is 194 Å². The molecule has 0 unspecified atom stereocenters. The minimum absolute atomic E-state index is 0.123. The predicted octanol–water partition coefficient (Wildman–Crippen LogP) is 5.28. The van der Waals surface area contributed by atoms with E-state index in [0.717, 1.165) is 11.6 Å². The molecular formula is C23H19ClFN7O.